The fourth-order valence-electron chi connectivity index (χ4n) is 2.62. The largest absolute Gasteiger partial charge is 0.342 e. The van der Waals surface area contributed by atoms with Crippen LogP contribution >= 0.6 is 11.8 Å². The number of thioether (sulfide) groups is 1. The van der Waals surface area contributed by atoms with E-state index in [1.165, 1.54) is 16.9 Å². The second kappa shape index (κ2) is 8.44. The van der Waals surface area contributed by atoms with Gasteiger partial charge in [0.25, 0.3) is 0 Å². The van der Waals surface area contributed by atoms with Crippen LogP contribution in [0, 0.1) is 0 Å². The summed E-state index contributed by atoms with van der Waals surface area (Å²) in [5.41, 5.74) is 1.28. The Morgan fingerprint density at radius 2 is 2.10 bits per heavy atom. The minimum atomic E-state index is -0.00233. The van der Waals surface area contributed by atoms with Gasteiger partial charge in [-0.2, -0.15) is 0 Å². The fraction of sp³-hybridized carbons (Fsp3) is 0.588. The van der Waals surface area contributed by atoms with Crippen LogP contribution in [0.4, 0.5) is 0 Å². The molecule has 1 unspecified atom stereocenters. The summed E-state index contributed by atoms with van der Waals surface area (Å²) in [6.45, 7) is 7.87. The zero-order valence-electron chi connectivity index (χ0n) is 13.1. The van der Waals surface area contributed by atoms with Gasteiger partial charge < -0.3 is 10.2 Å². The number of hydrogen-bond donors (Lipinski definition) is 1. The van der Waals surface area contributed by atoms with Gasteiger partial charge in [-0.05, 0) is 50.4 Å². The maximum Gasteiger partial charge on any atom is 0.235 e. The van der Waals surface area contributed by atoms with Crippen molar-refractivity contribution in [2.24, 2.45) is 0 Å². The summed E-state index contributed by atoms with van der Waals surface area (Å²) in [7, 11) is 0. The van der Waals surface area contributed by atoms with E-state index in [4.69, 9.17) is 0 Å². The summed E-state index contributed by atoms with van der Waals surface area (Å²) in [5.74, 6) is 0.289. The van der Waals surface area contributed by atoms with E-state index in [0.717, 1.165) is 39.0 Å². The van der Waals surface area contributed by atoms with E-state index in [1.807, 2.05) is 11.8 Å². The van der Waals surface area contributed by atoms with Gasteiger partial charge in [0.05, 0.1) is 5.25 Å². The SMILES string of the molecule is CCNCc1cccc(SC(C)C(=O)N2CCCCC2)c1. The Morgan fingerprint density at radius 1 is 1.33 bits per heavy atom. The molecule has 21 heavy (non-hydrogen) atoms. The first-order valence-corrected chi connectivity index (χ1v) is 8.83. The molecule has 2 rings (SSSR count). The smallest absolute Gasteiger partial charge is 0.235 e. The summed E-state index contributed by atoms with van der Waals surface area (Å²) in [4.78, 5) is 15.7. The molecule has 1 fully saturated rings. The van der Waals surface area contributed by atoms with Crippen LogP contribution in [0.5, 0.6) is 0 Å². The Bertz CT molecular complexity index is 458. The lowest BCUT2D eigenvalue weighted by atomic mass is 10.1. The maximum absolute atomic E-state index is 12.5. The summed E-state index contributed by atoms with van der Waals surface area (Å²) in [5, 5.41) is 3.33. The van der Waals surface area contributed by atoms with Gasteiger partial charge in [0.15, 0.2) is 0 Å². The van der Waals surface area contributed by atoms with E-state index < -0.39 is 0 Å². The van der Waals surface area contributed by atoms with Crippen LogP contribution in [0.15, 0.2) is 29.2 Å². The molecule has 0 bridgehead atoms. The highest BCUT2D eigenvalue weighted by atomic mass is 32.2. The highest BCUT2D eigenvalue weighted by Crippen LogP contribution is 2.26. The Labute approximate surface area is 132 Å². The van der Waals surface area contributed by atoms with E-state index >= 15 is 0 Å². The van der Waals surface area contributed by atoms with Crippen molar-refractivity contribution in [2.75, 3.05) is 19.6 Å². The van der Waals surface area contributed by atoms with Crippen molar-refractivity contribution in [1.29, 1.82) is 0 Å². The first-order chi connectivity index (χ1) is 10.2. The molecular weight excluding hydrogens is 280 g/mol. The van der Waals surface area contributed by atoms with Gasteiger partial charge in [0.1, 0.15) is 0 Å². The van der Waals surface area contributed by atoms with Crippen LogP contribution in [-0.4, -0.2) is 35.7 Å². The number of rotatable bonds is 6. The van der Waals surface area contributed by atoms with Crippen LogP contribution in [0.3, 0.4) is 0 Å². The highest BCUT2D eigenvalue weighted by Gasteiger charge is 2.22. The van der Waals surface area contributed by atoms with Gasteiger partial charge in [-0.3, -0.25) is 4.79 Å². The molecule has 1 aliphatic rings. The molecule has 1 aliphatic heterocycles. The number of likely N-dealkylation sites (tertiary alicyclic amines) is 1. The minimum absolute atomic E-state index is 0.00233. The number of carbonyl (C=O) groups is 1. The molecule has 4 heteroatoms. The van der Waals surface area contributed by atoms with Crippen LogP contribution in [0.25, 0.3) is 0 Å². The third kappa shape index (κ3) is 5.04. The van der Waals surface area contributed by atoms with Gasteiger partial charge in [-0.15, -0.1) is 11.8 Å². The third-order valence-corrected chi connectivity index (χ3v) is 4.89. The van der Waals surface area contributed by atoms with E-state index in [2.05, 4.69) is 36.5 Å². The first-order valence-electron chi connectivity index (χ1n) is 7.96. The Hall–Kier alpha value is -1.00. The molecule has 0 aromatic heterocycles. The van der Waals surface area contributed by atoms with E-state index in [9.17, 15) is 4.79 Å². The van der Waals surface area contributed by atoms with Gasteiger partial charge >= 0.3 is 0 Å². The number of amides is 1. The van der Waals surface area contributed by atoms with Crippen LogP contribution < -0.4 is 5.32 Å². The van der Waals surface area contributed by atoms with E-state index in [1.54, 1.807) is 11.8 Å². The summed E-state index contributed by atoms with van der Waals surface area (Å²) in [6, 6.07) is 8.49. The Balaban J connectivity index is 1.91. The molecule has 3 nitrogen and oxygen atoms in total. The van der Waals surface area contributed by atoms with Crippen molar-refractivity contribution in [1.82, 2.24) is 10.2 Å². The lowest BCUT2D eigenvalue weighted by Crippen LogP contribution is -2.40. The number of hydrogen-bond acceptors (Lipinski definition) is 3. The van der Waals surface area contributed by atoms with Crippen LogP contribution in [0.2, 0.25) is 0 Å². The van der Waals surface area contributed by atoms with Gasteiger partial charge in [-0.1, -0.05) is 19.1 Å². The lowest BCUT2D eigenvalue weighted by molar-refractivity contribution is -0.131. The van der Waals surface area contributed by atoms with Crippen molar-refractivity contribution >= 4 is 17.7 Å². The zero-order valence-corrected chi connectivity index (χ0v) is 13.9. The molecule has 1 heterocycles. The van der Waals surface area contributed by atoms with Gasteiger partial charge in [-0.25, -0.2) is 0 Å². The zero-order chi connectivity index (χ0) is 15.1. The van der Waals surface area contributed by atoms with Gasteiger partial charge in [0, 0.05) is 24.5 Å². The number of benzene rings is 1. The van der Waals surface area contributed by atoms with E-state index in [0.29, 0.717) is 0 Å². The van der Waals surface area contributed by atoms with Crippen molar-refractivity contribution in [3.8, 4) is 0 Å². The molecule has 1 saturated heterocycles. The van der Waals surface area contributed by atoms with Crippen LogP contribution in [0.1, 0.15) is 38.7 Å². The molecule has 0 radical (unpaired) electrons. The maximum atomic E-state index is 12.5. The highest BCUT2D eigenvalue weighted by molar-refractivity contribution is 8.00. The van der Waals surface area contributed by atoms with Crippen molar-refractivity contribution in [3.63, 3.8) is 0 Å². The molecule has 1 atom stereocenters. The van der Waals surface area contributed by atoms with Crippen molar-refractivity contribution in [2.45, 2.75) is 49.8 Å². The standard InChI is InChI=1S/C17H26N2OS/c1-3-18-13-15-8-7-9-16(12-15)21-14(2)17(20)19-10-5-4-6-11-19/h7-9,12,14,18H,3-6,10-11,13H2,1-2H3. The second-order valence-corrected chi connectivity index (χ2v) is 6.99. The second-order valence-electron chi connectivity index (χ2n) is 5.57. The fourth-order valence-corrected chi connectivity index (χ4v) is 3.66. The Morgan fingerprint density at radius 3 is 2.81 bits per heavy atom. The monoisotopic (exact) mass is 306 g/mol. The van der Waals surface area contributed by atoms with Crippen molar-refractivity contribution in [3.05, 3.63) is 29.8 Å². The molecule has 1 aromatic carbocycles. The lowest BCUT2D eigenvalue weighted by Gasteiger charge is -2.29. The first kappa shape index (κ1) is 16.4. The van der Waals surface area contributed by atoms with Crippen molar-refractivity contribution < 1.29 is 4.79 Å². The number of nitrogens with zero attached hydrogens (tertiary/aromatic N) is 1. The quantitative estimate of drug-likeness (QED) is 0.819. The summed E-state index contributed by atoms with van der Waals surface area (Å²) >= 11 is 1.67. The average molecular weight is 306 g/mol. The Kier molecular flexibility index (Phi) is 6.58. The number of piperidine rings is 1. The molecular formula is C17H26N2OS. The average Bonchev–Trinajstić information content (AvgIpc) is 2.53. The number of nitrogens with one attached hydrogen (secondary N) is 1. The predicted octanol–water partition coefficient (Wildman–Crippen LogP) is 3.29. The summed E-state index contributed by atoms with van der Waals surface area (Å²) in [6.07, 6.45) is 3.57. The molecule has 1 amide bonds. The van der Waals surface area contributed by atoms with E-state index in [-0.39, 0.29) is 11.2 Å². The molecule has 0 saturated carbocycles. The molecule has 1 N–H and O–H groups in total. The third-order valence-electron chi connectivity index (χ3n) is 3.81. The predicted molar refractivity (Wildman–Crippen MR) is 89.6 cm³/mol. The summed E-state index contributed by atoms with van der Waals surface area (Å²) < 4.78 is 0. The molecule has 116 valence electrons. The molecule has 0 spiro atoms. The number of carbonyl (C=O) groups excluding carboxylic acids is 1. The normalized spacial score (nSPS) is 16.8. The van der Waals surface area contributed by atoms with Crippen LogP contribution in [-0.2, 0) is 11.3 Å². The minimum Gasteiger partial charge on any atom is -0.342 e. The van der Waals surface area contributed by atoms with Gasteiger partial charge in [0.2, 0.25) is 5.91 Å². The molecule has 1 aromatic rings. The molecule has 0 aliphatic carbocycles. The topological polar surface area (TPSA) is 32.3 Å².